The minimum absolute atomic E-state index is 0.0174. The van der Waals surface area contributed by atoms with E-state index in [0.717, 1.165) is 63.5 Å². The lowest BCUT2D eigenvalue weighted by Crippen LogP contribution is -2.35. The van der Waals surface area contributed by atoms with Gasteiger partial charge in [-0.1, -0.05) is 52.3 Å². The topological polar surface area (TPSA) is 60.7 Å². The molecule has 0 saturated heterocycles. The molecule has 0 amide bonds. The summed E-state index contributed by atoms with van der Waals surface area (Å²) in [5.74, 6) is 0.606. The highest BCUT2D eigenvalue weighted by molar-refractivity contribution is 5.26. The van der Waals surface area contributed by atoms with E-state index in [1.165, 1.54) is 17.7 Å². The van der Waals surface area contributed by atoms with E-state index in [2.05, 4.69) is 80.2 Å². The first kappa shape index (κ1) is 34.0. The Hall–Kier alpha value is -2.06. The molecule has 38 heavy (non-hydrogen) atoms. The zero-order valence-corrected chi connectivity index (χ0v) is 25.8. The predicted octanol–water partition coefficient (Wildman–Crippen LogP) is 5.76. The number of hydrogen-bond acceptors (Lipinski definition) is 6. The summed E-state index contributed by atoms with van der Waals surface area (Å²) in [6, 6.07) is 4.60. The van der Waals surface area contributed by atoms with Crippen LogP contribution in [-0.4, -0.2) is 75.1 Å². The van der Waals surface area contributed by atoms with Gasteiger partial charge in [-0.15, -0.1) is 0 Å². The van der Waals surface area contributed by atoms with Crippen molar-refractivity contribution in [2.24, 2.45) is 5.92 Å². The lowest BCUT2D eigenvalue weighted by Gasteiger charge is -2.36. The number of aryl methyl sites for hydroxylation is 1. The second kappa shape index (κ2) is 19.1. The number of aliphatic hydroxyl groups is 1. The van der Waals surface area contributed by atoms with Crippen molar-refractivity contribution in [3.05, 3.63) is 59.5 Å². The molecule has 0 saturated carbocycles. The van der Waals surface area contributed by atoms with E-state index < -0.39 is 0 Å². The van der Waals surface area contributed by atoms with Crippen LogP contribution in [-0.2, 0) is 26.2 Å². The van der Waals surface area contributed by atoms with Crippen molar-refractivity contribution in [1.29, 1.82) is 0 Å². The Morgan fingerprint density at radius 2 is 1.79 bits per heavy atom. The number of aromatic nitrogens is 3. The normalized spacial score (nSPS) is 15.8. The van der Waals surface area contributed by atoms with E-state index in [4.69, 9.17) is 9.97 Å². The first-order valence-electron chi connectivity index (χ1n) is 14.5. The number of imidazole rings is 1. The molecule has 0 aromatic carbocycles. The van der Waals surface area contributed by atoms with Gasteiger partial charge in [0, 0.05) is 19.3 Å². The quantitative estimate of drug-likeness (QED) is 0.375. The third-order valence-electron chi connectivity index (χ3n) is 7.28. The average Bonchev–Trinajstić information content (AvgIpc) is 3.32. The fourth-order valence-corrected chi connectivity index (χ4v) is 4.21. The first-order chi connectivity index (χ1) is 18.3. The molecule has 1 aliphatic carbocycles. The van der Waals surface area contributed by atoms with E-state index in [9.17, 15) is 5.11 Å². The summed E-state index contributed by atoms with van der Waals surface area (Å²) in [4.78, 5) is 16.4. The molecule has 1 unspecified atom stereocenters. The van der Waals surface area contributed by atoms with Crippen LogP contribution in [0, 0.1) is 5.92 Å². The Balaban J connectivity index is 0.000000694. The van der Waals surface area contributed by atoms with Crippen molar-refractivity contribution < 1.29 is 5.11 Å². The van der Waals surface area contributed by atoms with Gasteiger partial charge in [0.1, 0.15) is 0 Å². The molecule has 2 heterocycles. The van der Waals surface area contributed by atoms with E-state index in [1.54, 1.807) is 0 Å². The molecule has 7 nitrogen and oxygen atoms in total. The fourth-order valence-electron chi connectivity index (χ4n) is 4.21. The minimum atomic E-state index is 0.0174. The van der Waals surface area contributed by atoms with Crippen LogP contribution in [0.4, 0.5) is 0 Å². The van der Waals surface area contributed by atoms with Gasteiger partial charge in [0.2, 0.25) is 0 Å². The summed E-state index contributed by atoms with van der Waals surface area (Å²) in [6.45, 7) is 17.5. The smallest absolute Gasteiger partial charge is 0.0964 e. The highest BCUT2D eigenvalue weighted by Gasteiger charge is 2.29. The van der Waals surface area contributed by atoms with Crippen molar-refractivity contribution >= 4 is 0 Å². The van der Waals surface area contributed by atoms with Crippen LogP contribution in [0.3, 0.4) is 0 Å². The first-order valence-corrected chi connectivity index (χ1v) is 14.5. The molecular formula is C31H56N6O. The van der Waals surface area contributed by atoms with Gasteiger partial charge in [-0.2, -0.15) is 0 Å². The largest absolute Gasteiger partial charge is 0.390 e. The Morgan fingerprint density at radius 1 is 1.11 bits per heavy atom. The number of hydrogen-bond donors (Lipinski definition) is 1. The molecule has 0 radical (unpaired) electrons. The summed E-state index contributed by atoms with van der Waals surface area (Å²) < 4.78 is 2.08. The maximum atomic E-state index is 10.1. The fraction of sp³-hybridized carbons (Fsp3) is 0.677. The van der Waals surface area contributed by atoms with E-state index in [0.29, 0.717) is 12.0 Å². The maximum absolute atomic E-state index is 10.1. The minimum Gasteiger partial charge on any atom is -0.390 e. The van der Waals surface area contributed by atoms with Gasteiger partial charge >= 0.3 is 0 Å². The second-order valence-electron chi connectivity index (χ2n) is 10.5. The number of nitrogens with zero attached hydrogens (tertiary/aromatic N) is 6. The molecule has 2 aromatic rings. The SMILES string of the molecule is C/C=C\C.CCC(C)CN(Cc1ncn(CN(C)CC)c1CO)[C@H]1CCCc2cccnc21.CCN(C)C. The summed E-state index contributed by atoms with van der Waals surface area (Å²) >= 11 is 0. The number of allylic oxidation sites excluding steroid dienone is 2. The number of aliphatic hydroxyl groups excluding tert-OH is 1. The lowest BCUT2D eigenvalue weighted by molar-refractivity contribution is 0.138. The zero-order chi connectivity index (χ0) is 28.5. The van der Waals surface area contributed by atoms with Crippen molar-refractivity contribution in [1.82, 2.24) is 29.2 Å². The van der Waals surface area contributed by atoms with Crippen LogP contribution in [0.5, 0.6) is 0 Å². The van der Waals surface area contributed by atoms with Crippen LogP contribution < -0.4 is 0 Å². The van der Waals surface area contributed by atoms with Crippen molar-refractivity contribution in [2.45, 2.75) is 93.1 Å². The molecule has 0 fully saturated rings. The van der Waals surface area contributed by atoms with Crippen LogP contribution in [0.2, 0.25) is 0 Å². The summed E-state index contributed by atoms with van der Waals surface area (Å²) in [5.41, 5.74) is 4.54. The Labute approximate surface area is 233 Å². The maximum Gasteiger partial charge on any atom is 0.0964 e. The second-order valence-corrected chi connectivity index (χ2v) is 10.5. The van der Waals surface area contributed by atoms with E-state index >= 15 is 0 Å². The van der Waals surface area contributed by atoms with Crippen LogP contribution >= 0.6 is 0 Å². The Kier molecular flexibility index (Phi) is 17.0. The summed E-state index contributed by atoms with van der Waals surface area (Å²) in [6.07, 6.45) is 12.4. The molecule has 3 rings (SSSR count). The molecule has 0 spiro atoms. The van der Waals surface area contributed by atoms with Crippen molar-refractivity contribution in [3.8, 4) is 0 Å². The summed E-state index contributed by atoms with van der Waals surface area (Å²) in [7, 11) is 6.20. The molecule has 2 atom stereocenters. The number of rotatable bonds is 11. The van der Waals surface area contributed by atoms with Gasteiger partial charge in [-0.05, 0) is 84.9 Å². The Morgan fingerprint density at radius 3 is 2.34 bits per heavy atom. The standard InChI is InChI=1S/C23H37N5O.C4H11N.C4H8/c1-5-18(3)13-27(21-11-7-9-19-10-8-12-24-23(19)21)14-20-22(15-29)28(16-25-20)17-26(4)6-2;1-4-5(2)3;1-3-4-2/h8,10,12,16,18,21,29H,5-7,9,11,13-15,17H2,1-4H3;4H2,1-3H3;3-4H,1-2H3/b;;4-3-/t18?,21-;;/m0../s1. The molecule has 0 bridgehead atoms. The van der Waals surface area contributed by atoms with Crippen molar-refractivity contribution in [3.63, 3.8) is 0 Å². The van der Waals surface area contributed by atoms with E-state index in [-0.39, 0.29) is 6.61 Å². The van der Waals surface area contributed by atoms with Gasteiger partial charge in [0.15, 0.2) is 0 Å². The zero-order valence-electron chi connectivity index (χ0n) is 25.8. The van der Waals surface area contributed by atoms with Crippen molar-refractivity contribution in [2.75, 3.05) is 40.8 Å². The Bertz CT molecular complexity index is 906. The van der Waals surface area contributed by atoms with Gasteiger partial charge in [0.25, 0.3) is 0 Å². The highest BCUT2D eigenvalue weighted by atomic mass is 16.3. The number of fused-ring (bicyclic) bond motifs is 1. The van der Waals surface area contributed by atoms with Gasteiger partial charge in [-0.25, -0.2) is 4.98 Å². The van der Waals surface area contributed by atoms with E-state index in [1.807, 2.05) is 38.5 Å². The monoisotopic (exact) mass is 528 g/mol. The molecule has 1 N–H and O–H groups in total. The number of pyridine rings is 1. The highest BCUT2D eigenvalue weighted by Crippen LogP contribution is 2.34. The van der Waals surface area contributed by atoms with Gasteiger partial charge in [-0.3, -0.25) is 14.8 Å². The molecule has 7 heteroatoms. The van der Waals surface area contributed by atoms with Gasteiger partial charge in [0.05, 0.1) is 42.7 Å². The third-order valence-corrected chi connectivity index (χ3v) is 7.28. The molecule has 216 valence electrons. The molecule has 1 aliphatic rings. The van der Waals surface area contributed by atoms with Crippen LogP contribution in [0.1, 0.15) is 89.5 Å². The third kappa shape index (κ3) is 11.4. The van der Waals surface area contributed by atoms with Gasteiger partial charge < -0.3 is 14.6 Å². The molecule has 2 aromatic heterocycles. The predicted molar refractivity (Wildman–Crippen MR) is 161 cm³/mol. The average molecular weight is 529 g/mol. The summed E-state index contributed by atoms with van der Waals surface area (Å²) in [5, 5.41) is 10.1. The van der Waals surface area contributed by atoms with Crippen LogP contribution in [0.25, 0.3) is 0 Å². The molecule has 0 aliphatic heterocycles. The lowest BCUT2D eigenvalue weighted by atomic mass is 9.90. The van der Waals surface area contributed by atoms with Crippen LogP contribution in [0.15, 0.2) is 36.8 Å². The molecular weight excluding hydrogens is 472 g/mol.